The molecular weight excluding hydrogens is 614 g/mol. The number of benzene rings is 3. The highest BCUT2D eigenvalue weighted by molar-refractivity contribution is 9.10. The number of rotatable bonds is 11. The summed E-state index contributed by atoms with van der Waals surface area (Å²) in [6.07, 6.45) is 0. The minimum absolute atomic E-state index is 0.0428. The molecule has 39 heavy (non-hydrogen) atoms. The van der Waals surface area contributed by atoms with E-state index in [-0.39, 0.29) is 23.8 Å². The van der Waals surface area contributed by atoms with Crippen molar-refractivity contribution in [3.8, 4) is 17.2 Å². The molecule has 0 bridgehead atoms. The topological polar surface area (TPSA) is 135 Å². The zero-order valence-electron chi connectivity index (χ0n) is 20.6. The van der Waals surface area contributed by atoms with E-state index < -0.39 is 10.2 Å². The Morgan fingerprint density at radius 2 is 1.85 bits per heavy atom. The van der Waals surface area contributed by atoms with E-state index in [1.54, 1.807) is 47.9 Å². The van der Waals surface area contributed by atoms with Crippen LogP contribution in [-0.2, 0) is 6.61 Å². The number of nitro groups is 2. The number of nitrogens with zero attached hydrogens (tertiary/aromatic N) is 5. The quantitative estimate of drug-likeness (QED) is 0.102. The second-order valence-electron chi connectivity index (χ2n) is 8.21. The van der Waals surface area contributed by atoms with Gasteiger partial charge in [0, 0.05) is 27.8 Å². The summed E-state index contributed by atoms with van der Waals surface area (Å²) >= 11 is 10.7. The lowest BCUT2D eigenvalue weighted by Gasteiger charge is -2.18. The molecule has 1 aromatic heterocycles. The molecule has 0 amide bonds. The Balaban J connectivity index is 1.64. The van der Waals surface area contributed by atoms with Crippen LogP contribution in [0.4, 0.5) is 5.69 Å². The van der Waals surface area contributed by atoms with Crippen molar-refractivity contribution in [1.82, 2.24) is 14.8 Å². The number of aromatic nitrogens is 3. The molecule has 0 saturated carbocycles. The van der Waals surface area contributed by atoms with Gasteiger partial charge in [0.1, 0.15) is 17.7 Å². The maximum Gasteiger partial charge on any atom is 0.269 e. The Kier molecular flexibility index (Phi) is 9.04. The van der Waals surface area contributed by atoms with Crippen molar-refractivity contribution in [3.63, 3.8) is 0 Å². The third kappa shape index (κ3) is 6.85. The van der Waals surface area contributed by atoms with Crippen LogP contribution in [0.15, 0.2) is 70.3 Å². The van der Waals surface area contributed by atoms with Gasteiger partial charge in [-0.15, -0.1) is 10.2 Å². The number of methoxy groups -OCH3 is 1. The molecule has 4 rings (SSSR count). The number of aryl methyl sites for hydroxylation is 1. The van der Waals surface area contributed by atoms with Gasteiger partial charge in [0.2, 0.25) is 6.54 Å². The number of ether oxygens (including phenoxy) is 2. The molecular formula is C25H21BrClN5O6S. The van der Waals surface area contributed by atoms with E-state index in [4.69, 9.17) is 21.1 Å². The van der Waals surface area contributed by atoms with Crippen LogP contribution in [0.3, 0.4) is 0 Å². The summed E-state index contributed by atoms with van der Waals surface area (Å²) in [7, 11) is 1.46. The number of halogens is 2. The molecule has 0 radical (unpaired) electrons. The third-order valence-corrected chi connectivity index (χ3v) is 7.59. The molecule has 11 nitrogen and oxygen atoms in total. The molecule has 0 aliphatic heterocycles. The Bertz CT molecular complexity index is 1520. The second kappa shape index (κ2) is 12.5. The Morgan fingerprint density at radius 3 is 2.51 bits per heavy atom. The normalized spacial score (nSPS) is 11.7. The Labute approximate surface area is 240 Å². The van der Waals surface area contributed by atoms with Crippen LogP contribution < -0.4 is 9.47 Å². The van der Waals surface area contributed by atoms with Crippen LogP contribution in [0.5, 0.6) is 11.5 Å². The Hall–Kier alpha value is -3.68. The van der Waals surface area contributed by atoms with E-state index in [2.05, 4.69) is 26.1 Å². The van der Waals surface area contributed by atoms with Crippen molar-refractivity contribution in [2.45, 2.75) is 23.9 Å². The maximum absolute atomic E-state index is 11.6. The lowest BCUT2D eigenvalue weighted by Crippen LogP contribution is -2.12. The average Bonchev–Trinajstić information content (AvgIpc) is 3.27. The van der Waals surface area contributed by atoms with E-state index >= 15 is 0 Å². The second-order valence-corrected chi connectivity index (χ2v) is 10.7. The lowest BCUT2D eigenvalue weighted by molar-refractivity contribution is -0.479. The minimum Gasteiger partial charge on any atom is -0.493 e. The van der Waals surface area contributed by atoms with Crippen molar-refractivity contribution in [1.29, 1.82) is 0 Å². The van der Waals surface area contributed by atoms with Crippen molar-refractivity contribution in [2.24, 2.45) is 0 Å². The summed E-state index contributed by atoms with van der Waals surface area (Å²) in [6, 6.07) is 16.6. The van der Waals surface area contributed by atoms with E-state index in [1.807, 2.05) is 12.1 Å². The largest absolute Gasteiger partial charge is 0.493 e. The van der Waals surface area contributed by atoms with Crippen LogP contribution in [0.1, 0.15) is 22.2 Å². The van der Waals surface area contributed by atoms with E-state index in [1.165, 1.54) is 31.0 Å². The van der Waals surface area contributed by atoms with Crippen molar-refractivity contribution < 1.29 is 19.3 Å². The first kappa shape index (κ1) is 28.3. The van der Waals surface area contributed by atoms with Gasteiger partial charge in [-0.1, -0.05) is 35.5 Å². The summed E-state index contributed by atoms with van der Waals surface area (Å²) in [5.74, 6) is 1.32. The molecule has 4 aromatic rings. The lowest BCUT2D eigenvalue weighted by atomic mass is 10.1. The molecule has 202 valence electrons. The SMILES string of the molecule is COc1cc([C@@H](C[N+](=O)[O-])Sc2nnc(C)n2-c2ccc(Cl)cc2)cc(Br)c1OCc1cccc([N+](=O)[O-])c1. The molecule has 3 aromatic carbocycles. The summed E-state index contributed by atoms with van der Waals surface area (Å²) in [6.45, 7) is 1.45. The molecule has 1 atom stereocenters. The number of thioether (sulfide) groups is 1. The van der Waals surface area contributed by atoms with Crippen LogP contribution in [0, 0.1) is 27.2 Å². The highest BCUT2D eigenvalue weighted by Crippen LogP contribution is 2.43. The average molecular weight is 635 g/mol. The van der Waals surface area contributed by atoms with Gasteiger partial charge in [-0.05, 0) is 70.4 Å². The molecule has 0 fully saturated rings. The fourth-order valence-electron chi connectivity index (χ4n) is 3.76. The number of hydrogen-bond acceptors (Lipinski definition) is 9. The van der Waals surface area contributed by atoms with Crippen LogP contribution in [0.25, 0.3) is 5.69 Å². The van der Waals surface area contributed by atoms with Gasteiger partial charge in [0.15, 0.2) is 16.7 Å². The van der Waals surface area contributed by atoms with Crippen LogP contribution in [0.2, 0.25) is 5.02 Å². The zero-order valence-corrected chi connectivity index (χ0v) is 23.8. The number of non-ortho nitro benzene ring substituents is 1. The van der Waals surface area contributed by atoms with Crippen LogP contribution >= 0.6 is 39.3 Å². The molecule has 0 unspecified atom stereocenters. The van der Waals surface area contributed by atoms with Crippen molar-refractivity contribution in [3.05, 3.63) is 107 Å². The predicted octanol–water partition coefficient (Wildman–Crippen LogP) is 6.60. The van der Waals surface area contributed by atoms with Crippen molar-refractivity contribution in [2.75, 3.05) is 13.7 Å². The van der Waals surface area contributed by atoms with Gasteiger partial charge >= 0.3 is 0 Å². The van der Waals surface area contributed by atoms with E-state index in [0.29, 0.717) is 43.1 Å². The summed E-state index contributed by atoms with van der Waals surface area (Å²) in [5, 5.41) is 31.5. The summed E-state index contributed by atoms with van der Waals surface area (Å²) in [5.41, 5.74) is 1.93. The zero-order chi connectivity index (χ0) is 28.1. The smallest absolute Gasteiger partial charge is 0.269 e. The molecule has 0 aliphatic rings. The van der Waals surface area contributed by atoms with Crippen molar-refractivity contribution >= 4 is 45.0 Å². The first-order valence-electron chi connectivity index (χ1n) is 11.4. The predicted molar refractivity (Wildman–Crippen MR) is 150 cm³/mol. The summed E-state index contributed by atoms with van der Waals surface area (Å²) in [4.78, 5) is 21.8. The summed E-state index contributed by atoms with van der Waals surface area (Å²) < 4.78 is 13.8. The van der Waals surface area contributed by atoms with Gasteiger partial charge in [-0.25, -0.2) is 0 Å². The molecule has 0 saturated heterocycles. The van der Waals surface area contributed by atoms with E-state index in [9.17, 15) is 20.2 Å². The van der Waals surface area contributed by atoms with Crippen LogP contribution in [-0.4, -0.2) is 38.3 Å². The van der Waals surface area contributed by atoms with Gasteiger partial charge in [-0.3, -0.25) is 24.8 Å². The number of nitro benzene ring substituents is 1. The maximum atomic E-state index is 11.6. The van der Waals surface area contributed by atoms with Gasteiger partial charge in [0.05, 0.1) is 16.5 Å². The fourth-order valence-corrected chi connectivity index (χ4v) is 5.62. The molecule has 1 heterocycles. The first-order chi connectivity index (χ1) is 18.7. The highest BCUT2D eigenvalue weighted by Gasteiger charge is 2.26. The number of hydrogen-bond donors (Lipinski definition) is 0. The minimum atomic E-state index is -0.648. The highest BCUT2D eigenvalue weighted by atomic mass is 79.9. The molecule has 0 spiro atoms. The standard InChI is InChI=1S/C25H21BrClN5O6S/c1-15-28-29-25(31(15)19-8-6-18(27)7-9-19)39-23(13-30(33)34)17-11-21(26)24(22(12-17)37-2)38-14-16-4-3-5-20(10-16)32(35)36/h3-12,23H,13-14H2,1-2H3/t23-/m1/s1. The van der Waals surface area contributed by atoms with Gasteiger partial charge < -0.3 is 9.47 Å². The first-order valence-corrected chi connectivity index (χ1v) is 13.4. The third-order valence-electron chi connectivity index (χ3n) is 5.57. The monoisotopic (exact) mass is 633 g/mol. The molecule has 0 N–H and O–H groups in total. The van der Waals surface area contributed by atoms with Gasteiger partial charge in [-0.2, -0.15) is 0 Å². The van der Waals surface area contributed by atoms with E-state index in [0.717, 1.165) is 5.69 Å². The molecule has 14 heteroatoms. The Morgan fingerprint density at radius 1 is 1.10 bits per heavy atom. The van der Waals surface area contributed by atoms with Gasteiger partial charge in [0.25, 0.3) is 5.69 Å². The molecule has 0 aliphatic carbocycles. The fraction of sp³-hybridized carbons (Fsp3) is 0.200.